The van der Waals surface area contributed by atoms with Crippen LogP contribution >= 0.6 is 0 Å². The second-order valence-corrected chi connectivity index (χ2v) is 3.70. The molecule has 13 heavy (non-hydrogen) atoms. The van der Waals surface area contributed by atoms with E-state index in [1.54, 1.807) is 20.1 Å². The summed E-state index contributed by atoms with van der Waals surface area (Å²) in [4.78, 5) is 0. The highest BCUT2D eigenvalue weighted by Crippen LogP contribution is 2.28. The van der Waals surface area contributed by atoms with Crippen LogP contribution in [0.4, 0.5) is 0 Å². The standard InChI is InChI=1S/C11H12O2/c1-11(2,12)9-4-3-5-10-8(9)6-7-13-10/h3-7,12H,1-2H3. The van der Waals surface area contributed by atoms with Crippen molar-refractivity contribution in [2.24, 2.45) is 0 Å². The summed E-state index contributed by atoms with van der Waals surface area (Å²) in [6, 6.07) is 7.57. The molecule has 0 bridgehead atoms. The molecular weight excluding hydrogens is 164 g/mol. The summed E-state index contributed by atoms with van der Waals surface area (Å²) in [6.45, 7) is 3.55. The lowest BCUT2D eigenvalue weighted by Crippen LogP contribution is -2.15. The number of aliphatic hydroxyl groups is 1. The second kappa shape index (κ2) is 2.60. The average Bonchev–Trinajstić information content (AvgIpc) is 2.48. The number of benzene rings is 1. The van der Waals surface area contributed by atoms with Gasteiger partial charge in [0.25, 0.3) is 0 Å². The molecule has 68 valence electrons. The molecule has 1 aromatic heterocycles. The van der Waals surface area contributed by atoms with Crippen LogP contribution in [0.2, 0.25) is 0 Å². The van der Waals surface area contributed by atoms with E-state index in [1.807, 2.05) is 24.3 Å². The van der Waals surface area contributed by atoms with Crippen molar-refractivity contribution < 1.29 is 9.52 Å². The molecule has 1 aromatic carbocycles. The van der Waals surface area contributed by atoms with Crippen LogP contribution in [0.3, 0.4) is 0 Å². The number of furan rings is 1. The first kappa shape index (κ1) is 8.32. The van der Waals surface area contributed by atoms with Crippen LogP contribution in [0.1, 0.15) is 19.4 Å². The minimum atomic E-state index is -0.816. The van der Waals surface area contributed by atoms with Crippen LogP contribution in [-0.2, 0) is 5.60 Å². The summed E-state index contributed by atoms with van der Waals surface area (Å²) in [7, 11) is 0. The second-order valence-electron chi connectivity index (χ2n) is 3.70. The topological polar surface area (TPSA) is 33.4 Å². The average molecular weight is 176 g/mol. The van der Waals surface area contributed by atoms with Gasteiger partial charge in [-0.3, -0.25) is 0 Å². The lowest BCUT2D eigenvalue weighted by Gasteiger charge is -2.18. The third kappa shape index (κ3) is 1.33. The Labute approximate surface area is 76.8 Å². The van der Waals surface area contributed by atoms with E-state index in [0.29, 0.717) is 0 Å². The Hall–Kier alpha value is -1.28. The van der Waals surface area contributed by atoms with Gasteiger partial charge in [0.05, 0.1) is 11.9 Å². The van der Waals surface area contributed by atoms with Gasteiger partial charge in [-0.1, -0.05) is 12.1 Å². The largest absolute Gasteiger partial charge is 0.464 e. The third-order valence-electron chi connectivity index (χ3n) is 2.15. The van der Waals surface area contributed by atoms with E-state index in [1.165, 1.54) is 0 Å². The van der Waals surface area contributed by atoms with E-state index in [4.69, 9.17) is 4.42 Å². The normalized spacial score (nSPS) is 12.2. The van der Waals surface area contributed by atoms with Gasteiger partial charge >= 0.3 is 0 Å². The monoisotopic (exact) mass is 176 g/mol. The molecule has 1 N–H and O–H groups in total. The summed E-state index contributed by atoms with van der Waals surface area (Å²) in [5.74, 6) is 0. The van der Waals surface area contributed by atoms with Gasteiger partial charge < -0.3 is 9.52 Å². The van der Waals surface area contributed by atoms with Crippen LogP contribution in [-0.4, -0.2) is 5.11 Å². The quantitative estimate of drug-likeness (QED) is 0.724. The van der Waals surface area contributed by atoms with Crippen LogP contribution in [0.25, 0.3) is 11.0 Å². The fraction of sp³-hybridized carbons (Fsp3) is 0.273. The van der Waals surface area contributed by atoms with E-state index < -0.39 is 5.60 Å². The molecule has 0 spiro atoms. The van der Waals surface area contributed by atoms with Crippen LogP contribution in [0.5, 0.6) is 0 Å². The van der Waals surface area contributed by atoms with Gasteiger partial charge in [0.1, 0.15) is 5.58 Å². The van der Waals surface area contributed by atoms with E-state index in [2.05, 4.69) is 0 Å². The molecule has 0 unspecified atom stereocenters. The van der Waals surface area contributed by atoms with Crippen molar-refractivity contribution in [1.29, 1.82) is 0 Å². The van der Waals surface area contributed by atoms with Crippen molar-refractivity contribution in [3.63, 3.8) is 0 Å². The third-order valence-corrected chi connectivity index (χ3v) is 2.15. The molecule has 2 nitrogen and oxygen atoms in total. The summed E-state index contributed by atoms with van der Waals surface area (Å²) >= 11 is 0. The molecule has 0 radical (unpaired) electrons. The highest BCUT2D eigenvalue weighted by molar-refractivity contribution is 5.81. The first-order valence-electron chi connectivity index (χ1n) is 4.28. The van der Waals surface area contributed by atoms with Crippen molar-refractivity contribution in [2.45, 2.75) is 19.4 Å². The zero-order chi connectivity index (χ0) is 9.47. The smallest absolute Gasteiger partial charge is 0.134 e. The highest BCUT2D eigenvalue weighted by Gasteiger charge is 2.19. The maximum atomic E-state index is 9.86. The molecule has 1 heterocycles. The summed E-state index contributed by atoms with van der Waals surface area (Å²) < 4.78 is 5.24. The predicted molar refractivity (Wildman–Crippen MR) is 51.5 cm³/mol. The zero-order valence-electron chi connectivity index (χ0n) is 7.74. The SMILES string of the molecule is CC(C)(O)c1cccc2occc12. The van der Waals surface area contributed by atoms with Crippen LogP contribution in [0, 0.1) is 0 Å². The van der Waals surface area contributed by atoms with Gasteiger partial charge in [0.2, 0.25) is 0 Å². The highest BCUT2D eigenvalue weighted by atomic mass is 16.3. The maximum absolute atomic E-state index is 9.86. The zero-order valence-corrected chi connectivity index (χ0v) is 7.74. The van der Waals surface area contributed by atoms with E-state index in [-0.39, 0.29) is 0 Å². The molecule has 0 atom stereocenters. The summed E-state index contributed by atoms with van der Waals surface area (Å²) in [6.07, 6.45) is 1.64. The molecular formula is C11H12O2. The number of fused-ring (bicyclic) bond motifs is 1. The lowest BCUT2D eigenvalue weighted by molar-refractivity contribution is 0.0802. The summed E-state index contributed by atoms with van der Waals surface area (Å²) in [5, 5.41) is 10.8. The fourth-order valence-electron chi connectivity index (χ4n) is 1.53. The Morgan fingerprint density at radius 1 is 1.23 bits per heavy atom. The molecule has 0 aliphatic rings. The molecule has 2 heteroatoms. The molecule has 2 rings (SSSR count). The molecule has 0 saturated heterocycles. The Balaban J connectivity index is 2.75. The Kier molecular flexibility index (Phi) is 1.67. The minimum absolute atomic E-state index is 0.816. The van der Waals surface area contributed by atoms with Crippen LogP contribution in [0.15, 0.2) is 34.9 Å². The van der Waals surface area contributed by atoms with E-state index in [9.17, 15) is 5.11 Å². The number of rotatable bonds is 1. The molecule has 2 aromatic rings. The predicted octanol–water partition coefficient (Wildman–Crippen LogP) is 2.66. The van der Waals surface area contributed by atoms with E-state index in [0.717, 1.165) is 16.5 Å². The molecule has 0 amide bonds. The number of hydrogen-bond donors (Lipinski definition) is 1. The van der Waals surface area contributed by atoms with Crippen molar-refractivity contribution >= 4 is 11.0 Å². The van der Waals surface area contributed by atoms with Crippen molar-refractivity contribution in [2.75, 3.05) is 0 Å². The van der Waals surface area contributed by atoms with Gasteiger partial charge in [-0.25, -0.2) is 0 Å². The summed E-state index contributed by atoms with van der Waals surface area (Å²) in [5.41, 5.74) is 0.905. The Bertz CT molecular complexity index is 421. The first-order valence-corrected chi connectivity index (χ1v) is 4.28. The van der Waals surface area contributed by atoms with Crippen molar-refractivity contribution in [3.05, 3.63) is 36.1 Å². The van der Waals surface area contributed by atoms with Crippen molar-refractivity contribution in [3.8, 4) is 0 Å². The van der Waals surface area contributed by atoms with E-state index >= 15 is 0 Å². The van der Waals surface area contributed by atoms with Crippen molar-refractivity contribution in [1.82, 2.24) is 0 Å². The minimum Gasteiger partial charge on any atom is -0.464 e. The maximum Gasteiger partial charge on any atom is 0.134 e. The number of hydrogen-bond acceptors (Lipinski definition) is 2. The molecule has 0 aliphatic carbocycles. The van der Waals surface area contributed by atoms with Crippen LogP contribution < -0.4 is 0 Å². The first-order chi connectivity index (χ1) is 6.09. The fourth-order valence-corrected chi connectivity index (χ4v) is 1.53. The molecule has 0 saturated carbocycles. The van der Waals surface area contributed by atoms with Gasteiger partial charge in [-0.05, 0) is 31.5 Å². The molecule has 0 fully saturated rings. The Morgan fingerprint density at radius 2 is 2.00 bits per heavy atom. The van der Waals surface area contributed by atoms with Gasteiger partial charge in [0.15, 0.2) is 0 Å². The molecule has 0 aliphatic heterocycles. The Morgan fingerprint density at radius 3 is 2.69 bits per heavy atom. The lowest BCUT2D eigenvalue weighted by atomic mass is 9.95. The van der Waals surface area contributed by atoms with Gasteiger partial charge in [-0.15, -0.1) is 0 Å². The van der Waals surface area contributed by atoms with Gasteiger partial charge in [0, 0.05) is 5.39 Å². The van der Waals surface area contributed by atoms with Gasteiger partial charge in [-0.2, -0.15) is 0 Å².